The highest BCUT2D eigenvalue weighted by atomic mass is 16.5. The summed E-state index contributed by atoms with van der Waals surface area (Å²) in [6.45, 7) is 63.3. The second-order valence-electron chi connectivity index (χ2n) is 37.5. The van der Waals surface area contributed by atoms with Gasteiger partial charge in [0.1, 0.15) is 28.7 Å². The number of aliphatic hydroxyl groups excluding tert-OH is 2. The van der Waals surface area contributed by atoms with E-state index < -0.39 is 0 Å². The van der Waals surface area contributed by atoms with Crippen molar-refractivity contribution in [2.45, 2.75) is 311 Å². The van der Waals surface area contributed by atoms with E-state index in [1.165, 1.54) is 94.7 Å². The Morgan fingerprint density at radius 3 is 0.475 bits per heavy atom. The van der Waals surface area contributed by atoms with E-state index in [9.17, 15) is 0 Å². The standard InChI is InChI=1S/2C15H22.7C7H8O.4C5H12.7C2H6/c2*1-2-10-11(3-1)13-7-12(10)14-8-4-5-9(6-8)15(13)14;5*1-8-7-5-3-2-4-6-7;2*8-6-7-4-2-1-3-5-7;4*1-5(2,3)4;7*1-2/h2*8-15H,1-7H2;5*2-6H,1H3;2*1-5,8H,6H2;4*1-4H3;7*1-2H3. The predicted octanol–water partition coefficient (Wildman–Crippen LogP) is 33.7. The highest BCUT2D eigenvalue weighted by Gasteiger charge is 2.67. The van der Waals surface area contributed by atoms with Gasteiger partial charge in [-0.2, -0.15) is 0 Å². The number of ether oxygens (including phenoxy) is 5. The van der Waals surface area contributed by atoms with E-state index in [1.54, 1.807) is 125 Å². The van der Waals surface area contributed by atoms with Gasteiger partial charge in [-0.15, -0.1) is 0 Å². The molecule has 10 aliphatic rings. The summed E-state index contributed by atoms with van der Waals surface area (Å²) in [6.07, 6.45) is 22.8. The molecule has 7 nitrogen and oxygen atoms in total. The van der Waals surface area contributed by atoms with E-state index in [2.05, 4.69) is 111 Å². The number of benzene rings is 7. The first kappa shape index (κ1) is 118. The molecule has 0 heterocycles. The van der Waals surface area contributed by atoms with Gasteiger partial charge < -0.3 is 33.9 Å². The maximum Gasteiger partial charge on any atom is 0.118 e. The third kappa shape index (κ3) is 49.7. The minimum absolute atomic E-state index is 0.140. The Morgan fingerprint density at radius 1 is 0.217 bits per heavy atom. The largest absolute Gasteiger partial charge is 0.497 e. The number of rotatable bonds is 7. The number of hydrogen-bond donors (Lipinski definition) is 2. The smallest absolute Gasteiger partial charge is 0.118 e. The number of fused-ring (bicyclic) bond motifs is 24. The molecule has 16 atom stereocenters. The molecule has 120 heavy (non-hydrogen) atoms. The van der Waals surface area contributed by atoms with Gasteiger partial charge in [-0.1, -0.05) is 372 Å². The quantitative estimate of drug-likeness (QED) is 0.154. The first-order valence-electron chi connectivity index (χ1n) is 47.6. The molecule has 0 aliphatic heterocycles. The zero-order valence-electron chi connectivity index (χ0n) is 84.2. The molecule has 8 bridgehead atoms. The zero-order chi connectivity index (χ0) is 91.9. The van der Waals surface area contributed by atoms with Crippen molar-refractivity contribution in [3.63, 3.8) is 0 Å². The molecule has 10 aliphatic carbocycles. The highest BCUT2D eigenvalue weighted by molar-refractivity contribution is 5.24. The van der Waals surface area contributed by atoms with Gasteiger partial charge >= 0.3 is 0 Å². The van der Waals surface area contributed by atoms with E-state index >= 15 is 0 Å². The number of aliphatic hydroxyl groups is 2. The van der Waals surface area contributed by atoms with Crippen LogP contribution in [0, 0.1) is 116 Å². The summed E-state index contributed by atoms with van der Waals surface area (Å²) in [4.78, 5) is 0. The van der Waals surface area contributed by atoms with Gasteiger partial charge in [0.05, 0.1) is 48.8 Å². The molecule has 10 saturated carbocycles. The Kier molecular flexibility index (Phi) is 67.5. The van der Waals surface area contributed by atoms with Gasteiger partial charge in [-0.25, -0.2) is 0 Å². The van der Waals surface area contributed by atoms with Crippen LogP contribution in [-0.2, 0) is 13.2 Å². The van der Waals surface area contributed by atoms with Gasteiger partial charge in [0.2, 0.25) is 0 Å². The van der Waals surface area contributed by atoms with Crippen molar-refractivity contribution >= 4 is 0 Å². The second kappa shape index (κ2) is 68.8. The van der Waals surface area contributed by atoms with Crippen LogP contribution in [0.3, 0.4) is 0 Å². The van der Waals surface area contributed by atoms with Gasteiger partial charge in [0.25, 0.3) is 0 Å². The van der Waals surface area contributed by atoms with Crippen molar-refractivity contribution in [1.29, 1.82) is 0 Å². The van der Waals surface area contributed by atoms with Crippen LogP contribution in [0.4, 0.5) is 0 Å². The van der Waals surface area contributed by atoms with Crippen molar-refractivity contribution in [2.75, 3.05) is 35.5 Å². The lowest BCUT2D eigenvalue weighted by atomic mass is 9.64. The summed E-state index contributed by atoms with van der Waals surface area (Å²) in [5.41, 5.74) is 3.93. The third-order valence-electron chi connectivity index (χ3n) is 21.6. The van der Waals surface area contributed by atoms with Crippen LogP contribution in [0.1, 0.15) is 309 Å². The minimum Gasteiger partial charge on any atom is -0.497 e. The van der Waals surface area contributed by atoms with Crippen molar-refractivity contribution < 1.29 is 33.9 Å². The van der Waals surface area contributed by atoms with Gasteiger partial charge in [-0.3, -0.25) is 0 Å². The van der Waals surface area contributed by atoms with Crippen LogP contribution < -0.4 is 23.7 Å². The highest BCUT2D eigenvalue weighted by Crippen LogP contribution is 2.74. The van der Waals surface area contributed by atoms with E-state index in [0.29, 0.717) is 21.7 Å². The Labute approximate surface area is 744 Å². The molecular formula is C113H190O7. The molecule has 17 rings (SSSR count). The Balaban J connectivity index is -0.00000124. The van der Waals surface area contributed by atoms with Crippen LogP contribution in [0.5, 0.6) is 28.7 Å². The normalized spacial score (nSPS) is 23.6. The molecule has 0 amide bonds. The van der Waals surface area contributed by atoms with Crippen LogP contribution in [0.25, 0.3) is 0 Å². The van der Waals surface area contributed by atoms with Gasteiger partial charge in [0, 0.05) is 0 Å². The summed E-state index contributed by atoms with van der Waals surface area (Å²) in [6, 6.07) is 67.5. The van der Waals surface area contributed by atoms with Crippen LogP contribution >= 0.6 is 0 Å². The topological polar surface area (TPSA) is 86.6 Å². The first-order valence-corrected chi connectivity index (χ1v) is 47.6. The molecule has 2 N–H and O–H groups in total. The molecule has 0 radical (unpaired) electrons. The number of para-hydroxylation sites is 5. The number of methoxy groups -OCH3 is 5. The van der Waals surface area contributed by atoms with Crippen molar-refractivity contribution in [3.8, 4) is 28.7 Å². The van der Waals surface area contributed by atoms with E-state index in [0.717, 1.165) is 39.9 Å². The molecule has 7 aromatic rings. The van der Waals surface area contributed by atoms with Gasteiger partial charge in [0.15, 0.2) is 0 Å². The fourth-order valence-electron chi connectivity index (χ4n) is 18.5. The average molecular weight is 1660 g/mol. The van der Waals surface area contributed by atoms with Crippen molar-refractivity contribution in [1.82, 2.24) is 0 Å². The molecule has 0 spiro atoms. The second-order valence-corrected chi connectivity index (χ2v) is 37.5. The minimum atomic E-state index is 0.140. The zero-order valence-corrected chi connectivity index (χ0v) is 84.2. The third-order valence-corrected chi connectivity index (χ3v) is 21.6. The van der Waals surface area contributed by atoms with E-state index in [1.807, 2.05) is 309 Å². The lowest BCUT2D eigenvalue weighted by Crippen LogP contribution is -2.35. The van der Waals surface area contributed by atoms with Crippen molar-refractivity contribution in [2.24, 2.45) is 116 Å². The molecule has 16 unspecified atom stereocenters. The van der Waals surface area contributed by atoms with Crippen LogP contribution in [0.15, 0.2) is 212 Å². The molecule has 0 saturated heterocycles. The molecule has 684 valence electrons. The summed E-state index contributed by atoms with van der Waals surface area (Å²) in [5, 5.41) is 17.1. The molecule has 7 heteroatoms. The first-order chi connectivity index (χ1) is 57.4. The van der Waals surface area contributed by atoms with Crippen LogP contribution in [-0.4, -0.2) is 45.8 Å². The SMILES string of the molecule is C1CC2C(C1)C1CC2C2C3CCC(C3)C12.C1CC2C(C1)C1CC2C2C3CCC(C3)C12.CC.CC.CC.CC.CC.CC.CC.CC(C)(C)C.CC(C)(C)C.CC(C)(C)C.CC(C)(C)C.COc1ccccc1.COc1ccccc1.COc1ccccc1.COc1ccccc1.COc1ccccc1.OCc1ccccc1.OCc1ccccc1. The Bertz CT molecular complexity index is 2720. The fraction of sp³-hybridized carbons (Fsp3) is 0.628. The molecule has 10 fully saturated rings. The maximum absolute atomic E-state index is 8.54. The summed E-state index contributed by atoms with van der Waals surface area (Å²) >= 11 is 0. The van der Waals surface area contributed by atoms with Crippen molar-refractivity contribution in [3.05, 3.63) is 223 Å². The Morgan fingerprint density at radius 2 is 0.358 bits per heavy atom. The summed E-state index contributed by atoms with van der Waals surface area (Å²) in [5.74, 6) is 24.1. The number of hydrogen-bond acceptors (Lipinski definition) is 7. The monoisotopic (exact) mass is 1660 g/mol. The average Bonchev–Trinajstić information content (AvgIpc) is 1.54. The fourth-order valence-corrected chi connectivity index (χ4v) is 18.5. The van der Waals surface area contributed by atoms with E-state index in [4.69, 9.17) is 33.9 Å². The molecular weight excluding hydrogens is 1470 g/mol. The lowest BCUT2D eigenvalue weighted by Gasteiger charge is -2.40. The lowest BCUT2D eigenvalue weighted by molar-refractivity contribution is 0.0716. The summed E-state index contributed by atoms with van der Waals surface area (Å²) < 4.78 is 24.6. The molecule has 7 aromatic carbocycles. The van der Waals surface area contributed by atoms with Gasteiger partial charge in [-0.05, 0) is 265 Å². The Hall–Kier alpha value is -6.54. The summed E-state index contributed by atoms with van der Waals surface area (Å²) in [7, 11) is 8.31. The van der Waals surface area contributed by atoms with Crippen LogP contribution in [0.2, 0.25) is 0 Å². The molecule has 0 aromatic heterocycles. The predicted molar refractivity (Wildman–Crippen MR) is 530 cm³/mol. The maximum atomic E-state index is 8.54. The van der Waals surface area contributed by atoms with E-state index in [-0.39, 0.29) is 13.2 Å².